The second kappa shape index (κ2) is 8.17. The van der Waals surface area contributed by atoms with Crippen LogP contribution in [0.1, 0.15) is 37.5 Å². The third kappa shape index (κ3) is 3.71. The van der Waals surface area contributed by atoms with Gasteiger partial charge in [-0.05, 0) is 32.4 Å². The minimum absolute atomic E-state index is 0.0143. The number of fused-ring (bicyclic) bond motifs is 1. The van der Waals surface area contributed by atoms with Crippen LogP contribution in [0.3, 0.4) is 0 Å². The summed E-state index contributed by atoms with van der Waals surface area (Å²) in [7, 11) is 0. The van der Waals surface area contributed by atoms with Crippen molar-refractivity contribution in [1.29, 1.82) is 0 Å². The molecule has 30 heavy (non-hydrogen) atoms. The third-order valence-electron chi connectivity index (χ3n) is 5.33. The number of ketones is 1. The molecule has 152 valence electrons. The summed E-state index contributed by atoms with van der Waals surface area (Å²) in [4.78, 5) is 33.3. The molecule has 0 radical (unpaired) electrons. The number of Topliss-reactive ketones (excluding diaryl/α,β-unsaturated/α-hetero) is 1. The van der Waals surface area contributed by atoms with E-state index in [2.05, 4.69) is 4.99 Å². The number of anilines is 1. The summed E-state index contributed by atoms with van der Waals surface area (Å²) >= 11 is 7.97. The predicted octanol–water partition coefficient (Wildman–Crippen LogP) is 5.39. The number of thiophene rings is 1. The van der Waals surface area contributed by atoms with Crippen molar-refractivity contribution in [3.05, 3.63) is 86.2 Å². The Balaban J connectivity index is 1.78. The molecule has 0 aliphatic carbocycles. The topological polar surface area (TPSA) is 49.7 Å². The van der Waals surface area contributed by atoms with E-state index in [0.29, 0.717) is 16.3 Å². The molecule has 0 fully saturated rings. The Kier molecular flexibility index (Phi) is 5.58. The summed E-state index contributed by atoms with van der Waals surface area (Å²) in [5.74, 6) is -0.292. The van der Waals surface area contributed by atoms with Crippen LogP contribution < -0.4 is 4.90 Å². The van der Waals surface area contributed by atoms with Gasteiger partial charge in [-0.3, -0.25) is 19.5 Å². The fraction of sp³-hybridized carbons (Fsp3) is 0.208. The van der Waals surface area contributed by atoms with Gasteiger partial charge in [0.2, 0.25) is 5.91 Å². The van der Waals surface area contributed by atoms with Gasteiger partial charge in [-0.25, -0.2) is 0 Å². The number of rotatable bonds is 4. The van der Waals surface area contributed by atoms with E-state index >= 15 is 0 Å². The van der Waals surface area contributed by atoms with Gasteiger partial charge in [0.15, 0.2) is 5.78 Å². The fourth-order valence-corrected chi connectivity index (χ4v) is 4.91. The normalized spacial score (nSPS) is 13.7. The van der Waals surface area contributed by atoms with Crippen LogP contribution in [0.2, 0.25) is 5.02 Å². The van der Waals surface area contributed by atoms with Crippen molar-refractivity contribution in [1.82, 2.24) is 0 Å². The summed E-state index contributed by atoms with van der Waals surface area (Å²) in [6.07, 6.45) is 0. The number of aryl methyl sites for hydroxylation is 2. The van der Waals surface area contributed by atoms with Crippen molar-refractivity contribution in [2.45, 2.75) is 20.8 Å². The van der Waals surface area contributed by atoms with Gasteiger partial charge in [0, 0.05) is 26.6 Å². The maximum atomic E-state index is 13.0. The van der Waals surface area contributed by atoms with Crippen molar-refractivity contribution in [2.75, 3.05) is 18.0 Å². The van der Waals surface area contributed by atoms with E-state index in [0.717, 1.165) is 32.1 Å². The van der Waals surface area contributed by atoms with Gasteiger partial charge in [-0.1, -0.05) is 59.6 Å². The molecule has 4 rings (SSSR count). The standard InChI is InChI=1S/C24H21ClN2O2S/c1-14-8-10-17(11-9-14)20(28)13-27-21(29)12-26-23(18-6-4-5-7-19(18)25)22-15(2)16(3)30-24(22)27/h4-11H,12-13H2,1-3H3. The largest absolute Gasteiger partial charge is 0.294 e. The molecule has 1 aliphatic rings. The Bertz CT molecular complexity index is 1180. The lowest BCUT2D eigenvalue weighted by Crippen LogP contribution is -2.36. The minimum Gasteiger partial charge on any atom is -0.294 e. The first-order valence-electron chi connectivity index (χ1n) is 9.66. The van der Waals surface area contributed by atoms with Crippen LogP contribution in [0.5, 0.6) is 0 Å². The molecule has 0 N–H and O–H groups in total. The monoisotopic (exact) mass is 436 g/mol. The zero-order valence-electron chi connectivity index (χ0n) is 17.0. The molecule has 0 saturated heterocycles. The summed E-state index contributed by atoms with van der Waals surface area (Å²) in [6, 6.07) is 14.9. The molecule has 2 heterocycles. The molecule has 0 saturated carbocycles. The Morgan fingerprint density at radius 2 is 1.80 bits per heavy atom. The molecule has 1 aliphatic heterocycles. The van der Waals surface area contributed by atoms with Gasteiger partial charge in [-0.2, -0.15) is 0 Å². The number of carbonyl (C=O) groups is 2. The number of hydrogen-bond donors (Lipinski definition) is 0. The van der Waals surface area contributed by atoms with E-state index in [-0.39, 0.29) is 24.8 Å². The van der Waals surface area contributed by atoms with Crippen molar-refractivity contribution in [3.8, 4) is 0 Å². The number of nitrogens with zero attached hydrogens (tertiary/aromatic N) is 2. The van der Waals surface area contributed by atoms with Crippen LogP contribution in [-0.4, -0.2) is 30.5 Å². The highest BCUT2D eigenvalue weighted by Crippen LogP contribution is 2.39. The minimum atomic E-state index is -0.194. The van der Waals surface area contributed by atoms with E-state index in [1.54, 1.807) is 17.0 Å². The molecular weight excluding hydrogens is 416 g/mol. The molecular formula is C24H21ClN2O2S. The number of hydrogen-bond acceptors (Lipinski definition) is 4. The smallest absolute Gasteiger partial charge is 0.249 e. The first-order valence-corrected chi connectivity index (χ1v) is 10.9. The summed E-state index contributed by atoms with van der Waals surface area (Å²) in [6.45, 7) is 5.97. The zero-order valence-corrected chi connectivity index (χ0v) is 18.6. The second-order valence-electron chi connectivity index (χ2n) is 7.38. The van der Waals surface area contributed by atoms with Crippen molar-refractivity contribution >= 4 is 45.3 Å². The van der Waals surface area contributed by atoms with Crippen LogP contribution in [0.4, 0.5) is 5.00 Å². The van der Waals surface area contributed by atoms with E-state index < -0.39 is 0 Å². The van der Waals surface area contributed by atoms with Crippen molar-refractivity contribution in [2.24, 2.45) is 4.99 Å². The van der Waals surface area contributed by atoms with Crippen LogP contribution in [0.25, 0.3) is 0 Å². The molecule has 0 atom stereocenters. The van der Waals surface area contributed by atoms with Gasteiger partial charge in [-0.15, -0.1) is 11.3 Å². The molecule has 3 aromatic rings. The van der Waals surface area contributed by atoms with E-state index in [9.17, 15) is 9.59 Å². The maximum Gasteiger partial charge on any atom is 0.249 e. The second-order valence-corrected chi connectivity index (χ2v) is 8.99. The number of carbonyl (C=O) groups excluding carboxylic acids is 2. The number of benzene rings is 2. The van der Waals surface area contributed by atoms with Crippen molar-refractivity contribution < 1.29 is 9.59 Å². The molecule has 4 nitrogen and oxygen atoms in total. The fourth-order valence-electron chi connectivity index (χ4n) is 3.51. The average molecular weight is 437 g/mol. The van der Waals surface area contributed by atoms with Gasteiger partial charge in [0.25, 0.3) is 0 Å². The van der Waals surface area contributed by atoms with E-state index in [4.69, 9.17) is 11.6 Å². The zero-order chi connectivity index (χ0) is 21.4. The molecule has 6 heteroatoms. The number of halogens is 1. The number of amides is 1. The molecule has 0 bridgehead atoms. The predicted molar refractivity (Wildman–Crippen MR) is 124 cm³/mol. The van der Waals surface area contributed by atoms with Crippen LogP contribution >= 0.6 is 22.9 Å². The molecule has 0 unspecified atom stereocenters. The highest BCUT2D eigenvalue weighted by Gasteiger charge is 2.31. The summed E-state index contributed by atoms with van der Waals surface area (Å²) in [5, 5.41) is 1.34. The van der Waals surface area contributed by atoms with Crippen LogP contribution in [0.15, 0.2) is 53.5 Å². The van der Waals surface area contributed by atoms with Gasteiger partial charge in [0.1, 0.15) is 11.5 Å². The first-order chi connectivity index (χ1) is 14.4. The molecule has 1 amide bonds. The summed E-state index contributed by atoms with van der Waals surface area (Å²) < 4.78 is 0. The van der Waals surface area contributed by atoms with Crippen molar-refractivity contribution in [3.63, 3.8) is 0 Å². The van der Waals surface area contributed by atoms with Crippen LogP contribution in [-0.2, 0) is 4.79 Å². The lowest BCUT2D eigenvalue weighted by molar-refractivity contribution is -0.117. The Labute approximate surface area is 184 Å². The Hall–Kier alpha value is -2.76. The SMILES string of the molecule is Cc1ccc(C(=O)CN2C(=O)CN=C(c3ccccc3Cl)c3c2sc(C)c3C)cc1. The highest BCUT2D eigenvalue weighted by molar-refractivity contribution is 7.17. The summed E-state index contributed by atoms with van der Waals surface area (Å²) in [5.41, 5.74) is 5.11. The Morgan fingerprint density at radius 1 is 1.10 bits per heavy atom. The maximum absolute atomic E-state index is 13.0. The lowest BCUT2D eigenvalue weighted by atomic mass is 9.99. The quantitative estimate of drug-likeness (QED) is 0.514. The van der Waals surface area contributed by atoms with E-state index in [1.165, 1.54) is 11.3 Å². The molecule has 1 aromatic heterocycles. The number of aliphatic imine (C=N–C) groups is 1. The Morgan fingerprint density at radius 3 is 2.50 bits per heavy atom. The molecule has 2 aromatic carbocycles. The van der Waals surface area contributed by atoms with Gasteiger partial charge in [0.05, 0.1) is 12.3 Å². The molecule has 0 spiro atoms. The lowest BCUT2D eigenvalue weighted by Gasteiger charge is -2.20. The van der Waals surface area contributed by atoms with Gasteiger partial charge < -0.3 is 0 Å². The van der Waals surface area contributed by atoms with Gasteiger partial charge >= 0.3 is 0 Å². The van der Waals surface area contributed by atoms with Crippen LogP contribution in [0, 0.1) is 20.8 Å². The third-order valence-corrected chi connectivity index (χ3v) is 6.89. The average Bonchev–Trinajstić information content (AvgIpc) is 2.94. The van der Waals surface area contributed by atoms with E-state index in [1.807, 2.05) is 57.2 Å². The first kappa shape index (κ1) is 20.5. The highest BCUT2D eigenvalue weighted by atomic mass is 35.5.